The molecule has 2 heteroatoms. The molecule has 0 bridgehead atoms. The van der Waals surface area contributed by atoms with Crippen LogP contribution >= 0.6 is 15.9 Å². The highest BCUT2D eigenvalue weighted by atomic mass is 79.9. The van der Waals surface area contributed by atoms with Crippen LogP contribution in [-0.4, -0.2) is 4.83 Å². The lowest BCUT2D eigenvalue weighted by atomic mass is 9.67. The highest BCUT2D eigenvalue weighted by Gasteiger charge is 2.36. The summed E-state index contributed by atoms with van der Waals surface area (Å²) in [4.78, 5) is 0.566. The lowest BCUT2D eigenvalue weighted by molar-refractivity contribution is 0.143. The number of halogens is 1. The maximum Gasteiger partial charge on any atom is 0.0659 e. The van der Waals surface area contributed by atoms with Crippen molar-refractivity contribution in [2.75, 3.05) is 0 Å². The van der Waals surface area contributed by atoms with E-state index >= 15 is 0 Å². The first kappa shape index (κ1) is 11.0. The molecule has 0 aliphatic heterocycles. The molecule has 1 saturated carbocycles. The Morgan fingerprint density at radius 2 is 1.92 bits per heavy atom. The van der Waals surface area contributed by atoms with Crippen LogP contribution in [0.1, 0.15) is 40.0 Å². The number of nitriles is 1. The second-order valence-electron chi connectivity index (χ2n) is 5.12. The van der Waals surface area contributed by atoms with Crippen LogP contribution in [0.3, 0.4) is 0 Å². The van der Waals surface area contributed by atoms with E-state index in [4.69, 9.17) is 5.26 Å². The summed E-state index contributed by atoms with van der Waals surface area (Å²) in [7, 11) is 0. The van der Waals surface area contributed by atoms with E-state index < -0.39 is 0 Å². The first-order valence-corrected chi connectivity index (χ1v) is 5.90. The summed E-state index contributed by atoms with van der Waals surface area (Å²) < 4.78 is 0. The Bertz CT molecular complexity index is 211. The fourth-order valence-electron chi connectivity index (χ4n) is 2.30. The fourth-order valence-corrected chi connectivity index (χ4v) is 2.97. The molecule has 3 unspecified atom stereocenters. The molecule has 0 aromatic heterocycles. The predicted molar refractivity (Wildman–Crippen MR) is 58.6 cm³/mol. The molecule has 1 aliphatic carbocycles. The van der Waals surface area contributed by atoms with Crippen LogP contribution in [-0.2, 0) is 0 Å². The van der Waals surface area contributed by atoms with Crippen molar-refractivity contribution < 1.29 is 0 Å². The van der Waals surface area contributed by atoms with Gasteiger partial charge in [0.25, 0.3) is 0 Å². The van der Waals surface area contributed by atoms with Crippen molar-refractivity contribution in [1.29, 1.82) is 5.26 Å². The number of rotatable bonds is 0. The molecule has 0 radical (unpaired) electrons. The third-order valence-corrected chi connectivity index (χ3v) is 3.90. The van der Waals surface area contributed by atoms with E-state index in [2.05, 4.69) is 42.8 Å². The summed E-state index contributed by atoms with van der Waals surface area (Å²) in [6.45, 7) is 6.74. The Morgan fingerprint density at radius 3 is 2.38 bits per heavy atom. The molecule has 13 heavy (non-hydrogen) atoms. The summed E-state index contributed by atoms with van der Waals surface area (Å²) >= 11 is 3.61. The minimum Gasteiger partial charge on any atom is -0.198 e. The van der Waals surface area contributed by atoms with Crippen molar-refractivity contribution in [3.8, 4) is 6.07 Å². The topological polar surface area (TPSA) is 23.8 Å². The minimum absolute atomic E-state index is 0.248. The smallest absolute Gasteiger partial charge is 0.0659 e. The van der Waals surface area contributed by atoms with E-state index in [0.29, 0.717) is 10.7 Å². The highest BCUT2D eigenvalue weighted by molar-refractivity contribution is 9.09. The van der Waals surface area contributed by atoms with Gasteiger partial charge in [-0.15, -0.1) is 0 Å². The van der Waals surface area contributed by atoms with Crippen LogP contribution in [0.2, 0.25) is 0 Å². The van der Waals surface area contributed by atoms with Gasteiger partial charge in [-0.2, -0.15) is 5.26 Å². The van der Waals surface area contributed by atoms with Gasteiger partial charge in [-0.3, -0.25) is 0 Å². The molecular formula is C11H18BrN. The molecule has 0 aromatic carbocycles. The molecule has 1 rings (SSSR count). The van der Waals surface area contributed by atoms with Gasteiger partial charge in [0.15, 0.2) is 0 Å². The predicted octanol–water partition coefficient (Wildman–Crippen LogP) is 3.74. The molecule has 74 valence electrons. The van der Waals surface area contributed by atoms with Crippen molar-refractivity contribution in [3.63, 3.8) is 0 Å². The van der Waals surface area contributed by atoms with Crippen LogP contribution in [0.15, 0.2) is 0 Å². The van der Waals surface area contributed by atoms with Crippen LogP contribution in [0.5, 0.6) is 0 Å². The van der Waals surface area contributed by atoms with Crippen molar-refractivity contribution in [2.45, 2.75) is 44.9 Å². The molecular weight excluding hydrogens is 226 g/mol. The molecule has 0 aromatic rings. The summed E-state index contributed by atoms with van der Waals surface area (Å²) in [6, 6.07) is 2.46. The zero-order valence-corrected chi connectivity index (χ0v) is 10.3. The molecule has 1 aliphatic rings. The van der Waals surface area contributed by atoms with Gasteiger partial charge in [-0.05, 0) is 30.6 Å². The van der Waals surface area contributed by atoms with E-state index in [1.807, 2.05) is 0 Å². The van der Waals surface area contributed by atoms with Crippen LogP contribution in [0.4, 0.5) is 0 Å². The second-order valence-corrected chi connectivity index (χ2v) is 6.41. The Morgan fingerprint density at radius 1 is 1.31 bits per heavy atom. The third-order valence-electron chi connectivity index (χ3n) is 3.06. The lowest BCUT2D eigenvalue weighted by Crippen LogP contribution is -2.33. The number of alkyl halides is 1. The maximum absolute atomic E-state index is 9.07. The van der Waals surface area contributed by atoms with E-state index in [9.17, 15) is 0 Å². The average Bonchev–Trinajstić information content (AvgIpc) is 2.01. The Kier molecular flexibility index (Phi) is 3.40. The average molecular weight is 244 g/mol. The summed E-state index contributed by atoms with van der Waals surface area (Å²) in [5.74, 6) is 0.824. The van der Waals surface area contributed by atoms with Crippen LogP contribution in [0.25, 0.3) is 0 Å². The standard InChI is InChI=1S/C11H18BrN/c1-11(2,3)10-5-4-9(12)6-8(10)7-13/h8-10H,4-6H2,1-3H3. The van der Waals surface area contributed by atoms with Crippen LogP contribution in [0, 0.1) is 28.6 Å². The Hall–Kier alpha value is -0.0300. The van der Waals surface area contributed by atoms with Gasteiger partial charge >= 0.3 is 0 Å². The molecule has 0 spiro atoms. The summed E-state index contributed by atoms with van der Waals surface area (Å²) in [5, 5.41) is 9.07. The Balaban J connectivity index is 2.70. The second kappa shape index (κ2) is 4.00. The quantitative estimate of drug-likeness (QED) is 0.595. The zero-order chi connectivity index (χ0) is 10.1. The summed E-state index contributed by atoms with van der Waals surface area (Å²) in [6.07, 6.45) is 3.44. The first-order chi connectivity index (χ1) is 5.95. The fraction of sp³-hybridized carbons (Fsp3) is 0.909. The third kappa shape index (κ3) is 2.71. The van der Waals surface area contributed by atoms with E-state index in [0.717, 1.165) is 6.42 Å². The number of hydrogen-bond donors (Lipinski definition) is 0. The molecule has 1 fully saturated rings. The SMILES string of the molecule is CC(C)(C)C1CCC(Br)CC1C#N. The molecule has 0 N–H and O–H groups in total. The molecule has 0 saturated heterocycles. The largest absolute Gasteiger partial charge is 0.198 e. The van der Waals surface area contributed by atoms with Crippen molar-refractivity contribution in [3.05, 3.63) is 0 Å². The monoisotopic (exact) mass is 243 g/mol. The van der Waals surface area contributed by atoms with Crippen molar-refractivity contribution in [1.82, 2.24) is 0 Å². The zero-order valence-electron chi connectivity index (χ0n) is 8.68. The first-order valence-electron chi connectivity index (χ1n) is 4.99. The van der Waals surface area contributed by atoms with Crippen LogP contribution < -0.4 is 0 Å². The molecule has 3 atom stereocenters. The van der Waals surface area contributed by atoms with Gasteiger partial charge in [0.1, 0.15) is 0 Å². The van der Waals surface area contributed by atoms with Gasteiger partial charge in [0.05, 0.1) is 12.0 Å². The minimum atomic E-state index is 0.248. The van der Waals surface area contributed by atoms with Gasteiger partial charge in [-0.25, -0.2) is 0 Å². The van der Waals surface area contributed by atoms with Crippen molar-refractivity contribution >= 4 is 15.9 Å². The molecule has 0 heterocycles. The van der Waals surface area contributed by atoms with Gasteiger partial charge in [0.2, 0.25) is 0 Å². The number of nitrogens with zero attached hydrogens (tertiary/aromatic N) is 1. The lowest BCUT2D eigenvalue weighted by Gasteiger charge is -2.38. The normalized spacial score (nSPS) is 35.5. The van der Waals surface area contributed by atoms with Crippen molar-refractivity contribution in [2.24, 2.45) is 17.3 Å². The van der Waals surface area contributed by atoms with E-state index in [1.165, 1.54) is 12.8 Å². The summed E-state index contributed by atoms with van der Waals surface area (Å²) in [5.41, 5.74) is 0.285. The van der Waals surface area contributed by atoms with Gasteiger partial charge in [0, 0.05) is 4.83 Å². The van der Waals surface area contributed by atoms with Gasteiger partial charge < -0.3 is 0 Å². The van der Waals surface area contributed by atoms with Gasteiger partial charge in [-0.1, -0.05) is 36.7 Å². The maximum atomic E-state index is 9.07. The van der Waals surface area contributed by atoms with E-state index in [-0.39, 0.29) is 11.3 Å². The highest BCUT2D eigenvalue weighted by Crippen LogP contribution is 2.43. The number of hydrogen-bond acceptors (Lipinski definition) is 1. The Labute approximate surface area is 89.6 Å². The molecule has 1 nitrogen and oxygen atoms in total. The van der Waals surface area contributed by atoms with E-state index in [1.54, 1.807) is 0 Å². The molecule has 0 amide bonds.